The standard InChI is InChI=1S/C17H16ClF2NO4S/c1-21(9-13-6-7-14(18)26-13)15(22)10-24-16(23)8-11-2-4-12(5-3-11)25-17(19)20/h2-7,17H,8-10H2,1H3. The summed E-state index contributed by atoms with van der Waals surface area (Å²) in [4.78, 5) is 26.2. The molecule has 0 bridgehead atoms. The van der Waals surface area contributed by atoms with Crippen LogP contribution in [0.2, 0.25) is 4.34 Å². The number of rotatable bonds is 8. The number of alkyl halides is 2. The molecule has 9 heteroatoms. The predicted molar refractivity (Wildman–Crippen MR) is 93.5 cm³/mol. The van der Waals surface area contributed by atoms with Crippen LogP contribution in [-0.2, 0) is 27.3 Å². The van der Waals surface area contributed by atoms with Crippen molar-refractivity contribution in [2.45, 2.75) is 19.6 Å². The summed E-state index contributed by atoms with van der Waals surface area (Å²) in [6.45, 7) is -2.90. The highest BCUT2D eigenvalue weighted by molar-refractivity contribution is 7.16. The predicted octanol–water partition coefficient (Wildman–Crippen LogP) is 3.75. The Bertz CT molecular complexity index is 751. The Kier molecular flexibility index (Phi) is 7.35. The second-order valence-electron chi connectivity index (χ2n) is 5.32. The van der Waals surface area contributed by atoms with Gasteiger partial charge in [-0.3, -0.25) is 9.59 Å². The van der Waals surface area contributed by atoms with Gasteiger partial charge in [-0.2, -0.15) is 8.78 Å². The minimum atomic E-state index is -2.90. The summed E-state index contributed by atoms with van der Waals surface area (Å²) in [5.74, 6) is -0.931. The second-order valence-corrected chi connectivity index (χ2v) is 7.12. The number of nitrogens with zero attached hydrogens (tertiary/aromatic N) is 1. The molecule has 0 aliphatic rings. The molecular formula is C17H16ClF2NO4S. The first-order valence-electron chi connectivity index (χ1n) is 7.51. The highest BCUT2D eigenvalue weighted by atomic mass is 35.5. The Hall–Kier alpha value is -2.19. The molecular weight excluding hydrogens is 388 g/mol. The molecule has 0 unspecified atom stereocenters. The fraction of sp³-hybridized carbons (Fsp3) is 0.294. The van der Waals surface area contributed by atoms with Crippen LogP contribution in [0.25, 0.3) is 0 Å². The van der Waals surface area contributed by atoms with E-state index in [-0.39, 0.29) is 24.7 Å². The van der Waals surface area contributed by atoms with Crippen LogP contribution in [-0.4, -0.2) is 37.0 Å². The average Bonchev–Trinajstić information content (AvgIpc) is 2.98. The zero-order valence-corrected chi connectivity index (χ0v) is 15.4. The van der Waals surface area contributed by atoms with Gasteiger partial charge in [0.05, 0.1) is 17.3 Å². The molecule has 5 nitrogen and oxygen atoms in total. The van der Waals surface area contributed by atoms with E-state index in [1.807, 2.05) is 6.07 Å². The van der Waals surface area contributed by atoms with Crippen molar-refractivity contribution >= 4 is 34.8 Å². The van der Waals surface area contributed by atoms with Gasteiger partial charge in [0.15, 0.2) is 6.61 Å². The number of ether oxygens (including phenoxy) is 2. The minimum Gasteiger partial charge on any atom is -0.455 e. The SMILES string of the molecule is CN(Cc1ccc(Cl)s1)C(=O)COC(=O)Cc1ccc(OC(F)F)cc1. The van der Waals surface area contributed by atoms with E-state index in [1.165, 1.54) is 40.5 Å². The van der Waals surface area contributed by atoms with Crippen molar-refractivity contribution in [1.29, 1.82) is 0 Å². The summed E-state index contributed by atoms with van der Waals surface area (Å²) < 4.78 is 34.0. The maximum absolute atomic E-state index is 12.1. The molecule has 0 spiro atoms. The van der Waals surface area contributed by atoms with Crippen molar-refractivity contribution in [1.82, 2.24) is 4.90 Å². The zero-order valence-electron chi connectivity index (χ0n) is 13.8. The first-order valence-corrected chi connectivity index (χ1v) is 8.70. The Morgan fingerprint density at radius 3 is 2.46 bits per heavy atom. The van der Waals surface area contributed by atoms with Gasteiger partial charge in [-0.05, 0) is 29.8 Å². The maximum Gasteiger partial charge on any atom is 0.387 e. The molecule has 0 N–H and O–H groups in total. The van der Waals surface area contributed by atoms with Gasteiger partial charge >= 0.3 is 12.6 Å². The van der Waals surface area contributed by atoms with Gasteiger partial charge in [-0.15, -0.1) is 11.3 Å². The van der Waals surface area contributed by atoms with Gasteiger partial charge in [0, 0.05) is 11.9 Å². The van der Waals surface area contributed by atoms with Crippen LogP contribution < -0.4 is 4.74 Å². The van der Waals surface area contributed by atoms with Crippen LogP contribution in [0.1, 0.15) is 10.4 Å². The highest BCUT2D eigenvalue weighted by Crippen LogP contribution is 2.22. The van der Waals surface area contributed by atoms with E-state index in [2.05, 4.69) is 4.74 Å². The van der Waals surface area contributed by atoms with E-state index in [9.17, 15) is 18.4 Å². The largest absolute Gasteiger partial charge is 0.455 e. The van der Waals surface area contributed by atoms with Gasteiger partial charge in [0.1, 0.15) is 5.75 Å². The summed E-state index contributed by atoms with van der Waals surface area (Å²) in [5, 5.41) is 0. The fourth-order valence-electron chi connectivity index (χ4n) is 2.02. The summed E-state index contributed by atoms with van der Waals surface area (Å²) in [7, 11) is 1.60. The topological polar surface area (TPSA) is 55.8 Å². The third kappa shape index (κ3) is 6.61. The lowest BCUT2D eigenvalue weighted by molar-refractivity contribution is -0.151. The van der Waals surface area contributed by atoms with Crippen LogP contribution in [0.4, 0.5) is 8.78 Å². The normalized spacial score (nSPS) is 10.7. The lowest BCUT2D eigenvalue weighted by atomic mass is 10.1. The van der Waals surface area contributed by atoms with Crippen molar-refractivity contribution in [3.63, 3.8) is 0 Å². The number of esters is 1. The molecule has 0 aliphatic carbocycles. The van der Waals surface area contributed by atoms with Gasteiger partial charge in [0.25, 0.3) is 5.91 Å². The molecule has 0 aliphatic heterocycles. The van der Waals surface area contributed by atoms with Crippen molar-refractivity contribution in [2.75, 3.05) is 13.7 Å². The van der Waals surface area contributed by atoms with Crippen LogP contribution >= 0.6 is 22.9 Å². The molecule has 0 saturated carbocycles. The summed E-state index contributed by atoms with van der Waals surface area (Å²) in [6, 6.07) is 9.20. The molecule has 1 amide bonds. The molecule has 1 aromatic heterocycles. The number of halogens is 3. The number of carbonyl (C=O) groups is 2. The molecule has 0 radical (unpaired) electrons. The number of benzene rings is 1. The maximum atomic E-state index is 12.1. The molecule has 2 rings (SSSR count). The lowest BCUT2D eigenvalue weighted by Gasteiger charge is -2.16. The van der Waals surface area contributed by atoms with Crippen molar-refractivity contribution < 1.29 is 27.8 Å². The monoisotopic (exact) mass is 403 g/mol. The number of thiophene rings is 1. The Balaban J connectivity index is 1.76. The Morgan fingerprint density at radius 2 is 1.88 bits per heavy atom. The lowest BCUT2D eigenvalue weighted by Crippen LogP contribution is -2.30. The van der Waals surface area contributed by atoms with E-state index >= 15 is 0 Å². The number of hydrogen-bond acceptors (Lipinski definition) is 5. The van der Waals surface area contributed by atoms with E-state index < -0.39 is 12.6 Å². The number of amides is 1. The summed E-state index contributed by atoms with van der Waals surface area (Å²) in [5.41, 5.74) is 0.561. The van der Waals surface area contributed by atoms with Crippen LogP contribution in [0, 0.1) is 0 Å². The number of likely N-dealkylation sites (N-methyl/N-ethyl adjacent to an activating group) is 1. The van der Waals surface area contributed by atoms with E-state index in [4.69, 9.17) is 16.3 Å². The van der Waals surface area contributed by atoms with Gasteiger partial charge in [-0.25, -0.2) is 0 Å². The molecule has 0 saturated heterocycles. The first-order chi connectivity index (χ1) is 12.3. The average molecular weight is 404 g/mol. The van der Waals surface area contributed by atoms with Gasteiger partial charge in [0.2, 0.25) is 0 Å². The van der Waals surface area contributed by atoms with Crippen molar-refractivity contribution in [3.05, 3.63) is 51.2 Å². The molecule has 0 atom stereocenters. The van der Waals surface area contributed by atoms with Crippen LogP contribution in [0.5, 0.6) is 5.75 Å². The molecule has 2 aromatic rings. The zero-order chi connectivity index (χ0) is 19.1. The van der Waals surface area contributed by atoms with E-state index in [0.29, 0.717) is 16.4 Å². The van der Waals surface area contributed by atoms with Crippen molar-refractivity contribution in [2.24, 2.45) is 0 Å². The van der Waals surface area contributed by atoms with Crippen molar-refractivity contribution in [3.8, 4) is 5.75 Å². The molecule has 140 valence electrons. The van der Waals surface area contributed by atoms with Crippen LogP contribution in [0.3, 0.4) is 0 Å². The minimum absolute atomic E-state index is 0.00241. The third-order valence-electron chi connectivity index (χ3n) is 3.30. The molecule has 26 heavy (non-hydrogen) atoms. The quantitative estimate of drug-likeness (QED) is 0.630. The molecule has 0 fully saturated rings. The Morgan fingerprint density at radius 1 is 1.19 bits per heavy atom. The highest BCUT2D eigenvalue weighted by Gasteiger charge is 2.14. The van der Waals surface area contributed by atoms with Crippen LogP contribution in [0.15, 0.2) is 36.4 Å². The Labute approximate surface area is 158 Å². The fourth-order valence-corrected chi connectivity index (χ4v) is 3.16. The van der Waals surface area contributed by atoms with E-state index in [0.717, 1.165) is 4.88 Å². The number of hydrogen-bond donors (Lipinski definition) is 0. The first kappa shape index (κ1) is 20.1. The molecule has 1 aromatic carbocycles. The van der Waals surface area contributed by atoms with Gasteiger partial charge in [-0.1, -0.05) is 23.7 Å². The summed E-state index contributed by atoms with van der Waals surface area (Å²) >= 11 is 7.21. The number of carbonyl (C=O) groups excluding carboxylic acids is 2. The van der Waals surface area contributed by atoms with Gasteiger partial charge < -0.3 is 14.4 Å². The molecule has 1 heterocycles. The smallest absolute Gasteiger partial charge is 0.387 e. The second kappa shape index (κ2) is 9.49. The summed E-state index contributed by atoms with van der Waals surface area (Å²) in [6.07, 6.45) is -0.0769. The third-order valence-corrected chi connectivity index (χ3v) is 4.52. The van der Waals surface area contributed by atoms with E-state index in [1.54, 1.807) is 13.1 Å².